The molecule has 17 heavy (non-hydrogen) atoms. The lowest BCUT2D eigenvalue weighted by Crippen LogP contribution is -2.43. The Balaban J connectivity index is 2.12. The van der Waals surface area contributed by atoms with Crippen molar-refractivity contribution >= 4 is 17.8 Å². The molecule has 0 radical (unpaired) electrons. The molecule has 3 atom stereocenters. The number of amides is 2. The number of carbonyl (C=O) groups is 1. The van der Waals surface area contributed by atoms with E-state index in [-0.39, 0.29) is 24.1 Å². The second-order valence-corrected chi connectivity index (χ2v) is 5.78. The Morgan fingerprint density at radius 1 is 1.53 bits per heavy atom. The quantitative estimate of drug-likeness (QED) is 0.679. The largest absolute Gasteiger partial charge is 0.393 e. The third-order valence-electron chi connectivity index (χ3n) is 3.28. The van der Waals surface area contributed by atoms with E-state index < -0.39 is 0 Å². The summed E-state index contributed by atoms with van der Waals surface area (Å²) in [5.41, 5.74) is 0. The van der Waals surface area contributed by atoms with Crippen LogP contribution < -0.4 is 10.6 Å². The summed E-state index contributed by atoms with van der Waals surface area (Å²) < 4.78 is 0. The highest BCUT2D eigenvalue weighted by atomic mass is 32.2. The third-order valence-corrected chi connectivity index (χ3v) is 3.92. The molecule has 100 valence electrons. The summed E-state index contributed by atoms with van der Waals surface area (Å²) in [6.45, 7) is 2.60. The fraction of sp³-hybridized carbons (Fsp3) is 0.917. The van der Waals surface area contributed by atoms with Crippen molar-refractivity contribution < 1.29 is 9.90 Å². The van der Waals surface area contributed by atoms with Crippen LogP contribution in [0, 0.1) is 5.92 Å². The molecule has 0 heterocycles. The smallest absolute Gasteiger partial charge is 0.315 e. The maximum atomic E-state index is 11.6. The highest BCUT2D eigenvalue weighted by Gasteiger charge is 2.25. The monoisotopic (exact) mass is 260 g/mol. The Morgan fingerprint density at radius 2 is 2.29 bits per heavy atom. The van der Waals surface area contributed by atoms with E-state index in [4.69, 9.17) is 0 Å². The minimum absolute atomic E-state index is 0.113. The SMILES string of the molecule is CSCC[C@H](C)NC(=O)NC[C@H]1CCC[C@H]1O. The third kappa shape index (κ3) is 5.64. The van der Waals surface area contributed by atoms with Crippen LogP contribution in [0.25, 0.3) is 0 Å². The fourth-order valence-electron chi connectivity index (χ4n) is 2.12. The number of aliphatic hydroxyl groups excluding tert-OH is 1. The Labute approximate surface area is 108 Å². The predicted octanol–water partition coefficient (Wildman–Crippen LogP) is 1.59. The highest BCUT2D eigenvalue weighted by Crippen LogP contribution is 2.24. The van der Waals surface area contributed by atoms with E-state index in [1.54, 1.807) is 11.8 Å². The molecule has 1 aliphatic rings. The molecule has 0 spiro atoms. The predicted molar refractivity (Wildman–Crippen MR) is 72.3 cm³/mol. The average Bonchev–Trinajstić information content (AvgIpc) is 2.69. The summed E-state index contributed by atoms with van der Waals surface area (Å²) in [7, 11) is 0. The number of rotatable bonds is 6. The van der Waals surface area contributed by atoms with Gasteiger partial charge in [0, 0.05) is 18.5 Å². The van der Waals surface area contributed by atoms with Crippen molar-refractivity contribution in [2.24, 2.45) is 5.92 Å². The first-order valence-electron chi connectivity index (χ1n) is 6.35. The van der Waals surface area contributed by atoms with Crippen molar-refractivity contribution in [2.75, 3.05) is 18.6 Å². The van der Waals surface area contributed by atoms with Crippen LogP contribution in [0.4, 0.5) is 4.79 Å². The van der Waals surface area contributed by atoms with E-state index in [2.05, 4.69) is 16.9 Å². The number of carbonyl (C=O) groups excluding carboxylic acids is 1. The highest BCUT2D eigenvalue weighted by molar-refractivity contribution is 7.98. The molecule has 1 aliphatic carbocycles. The lowest BCUT2D eigenvalue weighted by Gasteiger charge is -2.17. The molecule has 5 heteroatoms. The van der Waals surface area contributed by atoms with Gasteiger partial charge in [-0.3, -0.25) is 0 Å². The summed E-state index contributed by atoms with van der Waals surface area (Å²) in [5.74, 6) is 1.30. The first-order valence-corrected chi connectivity index (χ1v) is 7.74. The van der Waals surface area contributed by atoms with Gasteiger partial charge in [0.2, 0.25) is 0 Å². The van der Waals surface area contributed by atoms with Crippen LogP contribution in [0.15, 0.2) is 0 Å². The Morgan fingerprint density at radius 3 is 2.88 bits per heavy atom. The van der Waals surface area contributed by atoms with Crippen molar-refractivity contribution in [1.29, 1.82) is 0 Å². The first kappa shape index (κ1) is 14.6. The zero-order chi connectivity index (χ0) is 12.7. The van der Waals surface area contributed by atoms with E-state index in [0.717, 1.165) is 31.4 Å². The minimum Gasteiger partial charge on any atom is -0.393 e. The lowest BCUT2D eigenvalue weighted by molar-refractivity contribution is 0.132. The molecule has 0 aromatic heterocycles. The van der Waals surface area contributed by atoms with E-state index in [1.807, 2.05) is 6.92 Å². The van der Waals surface area contributed by atoms with Gasteiger partial charge in [0.25, 0.3) is 0 Å². The van der Waals surface area contributed by atoms with E-state index in [1.165, 1.54) is 0 Å². The molecule has 0 unspecified atom stereocenters. The van der Waals surface area contributed by atoms with Crippen LogP contribution in [0.1, 0.15) is 32.6 Å². The van der Waals surface area contributed by atoms with Crippen LogP contribution in [0.3, 0.4) is 0 Å². The second-order valence-electron chi connectivity index (χ2n) is 4.80. The minimum atomic E-state index is -0.232. The number of hydrogen-bond acceptors (Lipinski definition) is 3. The maximum absolute atomic E-state index is 11.6. The Kier molecular flexibility index (Phi) is 6.73. The van der Waals surface area contributed by atoms with Crippen molar-refractivity contribution in [1.82, 2.24) is 10.6 Å². The zero-order valence-corrected chi connectivity index (χ0v) is 11.6. The Hall–Kier alpha value is -0.420. The number of thioether (sulfide) groups is 1. The molecular formula is C12H24N2O2S. The van der Waals surface area contributed by atoms with Gasteiger partial charge in [-0.05, 0) is 38.2 Å². The first-order chi connectivity index (χ1) is 8.13. The average molecular weight is 260 g/mol. The van der Waals surface area contributed by atoms with Gasteiger partial charge in [-0.1, -0.05) is 6.42 Å². The van der Waals surface area contributed by atoms with Gasteiger partial charge < -0.3 is 15.7 Å². The summed E-state index contributed by atoms with van der Waals surface area (Å²) in [5, 5.41) is 15.4. The summed E-state index contributed by atoms with van der Waals surface area (Å²) in [6, 6.07) is 0.0913. The topological polar surface area (TPSA) is 61.4 Å². The molecule has 0 bridgehead atoms. The van der Waals surface area contributed by atoms with Crippen molar-refractivity contribution in [3.63, 3.8) is 0 Å². The number of aliphatic hydroxyl groups is 1. The van der Waals surface area contributed by atoms with Gasteiger partial charge >= 0.3 is 6.03 Å². The van der Waals surface area contributed by atoms with Crippen molar-refractivity contribution in [3.8, 4) is 0 Å². The Bertz CT molecular complexity index is 239. The molecule has 0 aromatic rings. The molecule has 0 aromatic carbocycles. The molecule has 1 fully saturated rings. The van der Waals surface area contributed by atoms with Crippen LogP contribution >= 0.6 is 11.8 Å². The number of hydrogen-bond donors (Lipinski definition) is 3. The van der Waals surface area contributed by atoms with Crippen LogP contribution in [0.5, 0.6) is 0 Å². The van der Waals surface area contributed by atoms with Gasteiger partial charge in [0.15, 0.2) is 0 Å². The molecule has 2 amide bonds. The molecule has 0 aliphatic heterocycles. The number of urea groups is 1. The van der Waals surface area contributed by atoms with Crippen molar-refractivity contribution in [2.45, 2.75) is 44.8 Å². The summed E-state index contributed by atoms with van der Waals surface area (Å²) >= 11 is 1.79. The summed E-state index contributed by atoms with van der Waals surface area (Å²) in [6.07, 6.45) is 5.78. The fourth-order valence-corrected chi connectivity index (χ4v) is 2.71. The molecule has 0 saturated heterocycles. The van der Waals surface area contributed by atoms with Gasteiger partial charge in [-0.2, -0.15) is 11.8 Å². The van der Waals surface area contributed by atoms with E-state index >= 15 is 0 Å². The van der Waals surface area contributed by atoms with Crippen LogP contribution in [-0.2, 0) is 0 Å². The van der Waals surface area contributed by atoms with E-state index in [0.29, 0.717) is 6.54 Å². The maximum Gasteiger partial charge on any atom is 0.315 e. The van der Waals surface area contributed by atoms with Gasteiger partial charge in [-0.15, -0.1) is 0 Å². The lowest BCUT2D eigenvalue weighted by atomic mass is 10.1. The van der Waals surface area contributed by atoms with Crippen LogP contribution in [-0.4, -0.2) is 41.8 Å². The van der Waals surface area contributed by atoms with Crippen LogP contribution in [0.2, 0.25) is 0 Å². The molecule has 1 rings (SSSR count). The standard InChI is InChI=1S/C12H24N2O2S/c1-9(6-7-17-2)14-12(16)13-8-10-4-3-5-11(10)15/h9-11,15H,3-8H2,1-2H3,(H2,13,14,16)/t9-,10+,11+/m0/s1. The second kappa shape index (κ2) is 7.82. The number of nitrogens with one attached hydrogen (secondary N) is 2. The molecule has 3 N–H and O–H groups in total. The van der Waals surface area contributed by atoms with Gasteiger partial charge in [-0.25, -0.2) is 4.79 Å². The molecule has 1 saturated carbocycles. The van der Waals surface area contributed by atoms with Crippen molar-refractivity contribution in [3.05, 3.63) is 0 Å². The van der Waals surface area contributed by atoms with E-state index in [9.17, 15) is 9.90 Å². The molecular weight excluding hydrogens is 236 g/mol. The zero-order valence-electron chi connectivity index (χ0n) is 10.7. The van der Waals surface area contributed by atoms with Gasteiger partial charge in [0.1, 0.15) is 0 Å². The molecule has 4 nitrogen and oxygen atoms in total. The van der Waals surface area contributed by atoms with Gasteiger partial charge in [0.05, 0.1) is 6.10 Å². The normalized spacial score (nSPS) is 25.6. The summed E-state index contributed by atoms with van der Waals surface area (Å²) in [4.78, 5) is 11.6.